The number of ketones is 1. The van der Waals surface area contributed by atoms with Crippen molar-refractivity contribution in [2.45, 2.75) is 12.3 Å². The molecule has 0 aliphatic rings. The highest BCUT2D eigenvalue weighted by Crippen LogP contribution is 2.23. The van der Waals surface area contributed by atoms with Gasteiger partial charge in [-0.05, 0) is 25.1 Å². The number of rotatable bonds is 2. The van der Waals surface area contributed by atoms with Gasteiger partial charge in [-0.15, -0.1) is 11.6 Å². The van der Waals surface area contributed by atoms with Gasteiger partial charge >= 0.3 is 0 Å². The molecule has 1 nitrogen and oxygen atoms in total. The maximum atomic E-state index is 11.5. The molecule has 1 rings (SSSR count). The maximum absolute atomic E-state index is 11.5. The second-order valence-electron chi connectivity index (χ2n) is 2.60. The van der Waals surface area contributed by atoms with Crippen LogP contribution in [0.15, 0.2) is 22.7 Å². The lowest BCUT2D eigenvalue weighted by Crippen LogP contribution is -2.10. The molecule has 13 heavy (non-hydrogen) atoms. The minimum atomic E-state index is -0.533. The van der Waals surface area contributed by atoms with Gasteiger partial charge < -0.3 is 0 Å². The Kier molecular flexibility index (Phi) is 3.77. The Morgan fingerprint density at radius 2 is 2.15 bits per heavy atom. The van der Waals surface area contributed by atoms with E-state index in [9.17, 15) is 4.79 Å². The summed E-state index contributed by atoms with van der Waals surface area (Å²) in [5.41, 5.74) is 0.523. The fourth-order valence-corrected chi connectivity index (χ4v) is 1.63. The predicted octanol–water partition coefficient (Wildman–Crippen LogP) is 3.91. The number of carbonyl (C=O) groups is 1. The van der Waals surface area contributed by atoms with Gasteiger partial charge in [0.05, 0.1) is 5.38 Å². The average molecular weight is 282 g/mol. The van der Waals surface area contributed by atoms with Crippen molar-refractivity contribution in [3.05, 3.63) is 33.3 Å². The lowest BCUT2D eigenvalue weighted by Gasteiger charge is -2.05. The van der Waals surface area contributed by atoms with E-state index in [4.69, 9.17) is 23.2 Å². The summed E-state index contributed by atoms with van der Waals surface area (Å²) >= 11 is 14.7. The molecule has 1 atom stereocenters. The minimum Gasteiger partial charge on any atom is -0.292 e. The van der Waals surface area contributed by atoms with Crippen LogP contribution in [0.3, 0.4) is 0 Å². The number of alkyl halides is 1. The standard InChI is InChI=1S/C9H7BrCl2O/c1-5(11)9(13)7-4-6(12)2-3-8(7)10/h2-5H,1H3. The molecule has 0 aliphatic heterocycles. The molecule has 1 aromatic carbocycles. The first kappa shape index (κ1) is 11.0. The second kappa shape index (κ2) is 4.45. The molecule has 0 saturated carbocycles. The lowest BCUT2D eigenvalue weighted by molar-refractivity contribution is 0.0991. The predicted molar refractivity (Wildman–Crippen MR) is 58.8 cm³/mol. The van der Waals surface area contributed by atoms with E-state index in [-0.39, 0.29) is 5.78 Å². The first-order valence-corrected chi connectivity index (χ1v) is 5.26. The highest BCUT2D eigenvalue weighted by Gasteiger charge is 2.15. The second-order valence-corrected chi connectivity index (χ2v) is 4.55. The molecule has 4 heteroatoms. The van der Waals surface area contributed by atoms with E-state index in [1.54, 1.807) is 25.1 Å². The molecular formula is C9H7BrCl2O. The summed E-state index contributed by atoms with van der Waals surface area (Å²) in [6, 6.07) is 5.04. The molecule has 1 aromatic rings. The van der Waals surface area contributed by atoms with Crippen molar-refractivity contribution in [1.82, 2.24) is 0 Å². The number of Topliss-reactive ketones (excluding diaryl/α,β-unsaturated/α-hetero) is 1. The van der Waals surface area contributed by atoms with Crippen LogP contribution >= 0.6 is 39.1 Å². The van der Waals surface area contributed by atoms with E-state index in [0.717, 1.165) is 4.47 Å². The van der Waals surface area contributed by atoms with E-state index in [1.165, 1.54) is 0 Å². The van der Waals surface area contributed by atoms with Crippen molar-refractivity contribution in [3.8, 4) is 0 Å². The topological polar surface area (TPSA) is 17.1 Å². The Labute approximate surface area is 95.2 Å². The Morgan fingerprint density at radius 3 is 2.69 bits per heavy atom. The number of hydrogen-bond acceptors (Lipinski definition) is 1. The summed E-state index contributed by atoms with van der Waals surface area (Å²) < 4.78 is 0.717. The van der Waals surface area contributed by atoms with Gasteiger partial charge in [0.1, 0.15) is 0 Å². The third-order valence-electron chi connectivity index (χ3n) is 1.56. The zero-order valence-corrected chi connectivity index (χ0v) is 9.95. The van der Waals surface area contributed by atoms with E-state index >= 15 is 0 Å². The van der Waals surface area contributed by atoms with Crippen molar-refractivity contribution in [2.24, 2.45) is 0 Å². The fourth-order valence-electron chi connectivity index (χ4n) is 0.901. The Bertz CT molecular complexity index is 336. The van der Waals surface area contributed by atoms with Crippen LogP contribution in [0.2, 0.25) is 5.02 Å². The molecule has 1 unspecified atom stereocenters. The normalized spacial score (nSPS) is 12.6. The molecule has 0 saturated heterocycles. The van der Waals surface area contributed by atoms with Crippen LogP contribution < -0.4 is 0 Å². The summed E-state index contributed by atoms with van der Waals surface area (Å²) in [6.45, 7) is 1.64. The van der Waals surface area contributed by atoms with Crippen molar-refractivity contribution in [1.29, 1.82) is 0 Å². The number of halogens is 3. The number of carbonyl (C=O) groups excluding carboxylic acids is 1. The van der Waals surface area contributed by atoms with E-state index < -0.39 is 5.38 Å². The quantitative estimate of drug-likeness (QED) is 0.593. The van der Waals surface area contributed by atoms with Gasteiger partial charge in [0.2, 0.25) is 0 Å². The maximum Gasteiger partial charge on any atom is 0.181 e. The molecular weight excluding hydrogens is 275 g/mol. The molecule has 0 bridgehead atoms. The molecule has 0 radical (unpaired) electrons. The van der Waals surface area contributed by atoms with E-state index in [1.807, 2.05) is 0 Å². The van der Waals surface area contributed by atoms with Crippen LogP contribution in [0.5, 0.6) is 0 Å². The molecule has 0 fully saturated rings. The largest absolute Gasteiger partial charge is 0.292 e. The van der Waals surface area contributed by atoms with Crippen LogP contribution in [-0.2, 0) is 0 Å². The van der Waals surface area contributed by atoms with Crippen molar-refractivity contribution < 1.29 is 4.79 Å². The zero-order chi connectivity index (χ0) is 10.0. The SMILES string of the molecule is CC(Cl)C(=O)c1cc(Cl)ccc1Br. The number of hydrogen-bond donors (Lipinski definition) is 0. The fraction of sp³-hybridized carbons (Fsp3) is 0.222. The molecule has 0 heterocycles. The molecule has 0 spiro atoms. The third kappa shape index (κ3) is 2.70. The van der Waals surface area contributed by atoms with Crippen molar-refractivity contribution >= 4 is 44.9 Å². The smallest absolute Gasteiger partial charge is 0.181 e. The molecule has 0 aliphatic carbocycles. The summed E-state index contributed by atoms with van der Waals surface area (Å²) in [7, 11) is 0. The van der Waals surface area contributed by atoms with Gasteiger partial charge in [0.15, 0.2) is 5.78 Å². The first-order chi connectivity index (χ1) is 6.02. The van der Waals surface area contributed by atoms with Gasteiger partial charge in [-0.3, -0.25) is 4.79 Å². The van der Waals surface area contributed by atoms with Crippen molar-refractivity contribution in [3.63, 3.8) is 0 Å². The zero-order valence-electron chi connectivity index (χ0n) is 6.85. The number of benzene rings is 1. The lowest BCUT2D eigenvalue weighted by atomic mass is 10.1. The van der Waals surface area contributed by atoms with Gasteiger partial charge in [0, 0.05) is 15.1 Å². The summed E-state index contributed by atoms with van der Waals surface area (Å²) in [4.78, 5) is 11.5. The van der Waals surface area contributed by atoms with Gasteiger partial charge in [-0.1, -0.05) is 27.5 Å². The van der Waals surface area contributed by atoms with Crippen LogP contribution in [0.1, 0.15) is 17.3 Å². The average Bonchev–Trinajstić information content (AvgIpc) is 2.08. The summed E-state index contributed by atoms with van der Waals surface area (Å²) in [5.74, 6) is -0.129. The first-order valence-electron chi connectivity index (χ1n) is 3.65. The minimum absolute atomic E-state index is 0.129. The van der Waals surface area contributed by atoms with Crippen LogP contribution in [0, 0.1) is 0 Å². The Balaban J connectivity index is 3.13. The van der Waals surface area contributed by atoms with E-state index in [2.05, 4.69) is 15.9 Å². The van der Waals surface area contributed by atoms with Crippen molar-refractivity contribution in [2.75, 3.05) is 0 Å². The highest BCUT2D eigenvalue weighted by molar-refractivity contribution is 9.10. The van der Waals surface area contributed by atoms with Gasteiger partial charge in [-0.2, -0.15) is 0 Å². The van der Waals surface area contributed by atoms with Gasteiger partial charge in [-0.25, -0.2) is 0 Å². The molecule has 0 aromatic heterocycles. The Morgan fingerprint density at radius 1 is 1.54 bits per heavy atom. The molecule has 70 valence electrons. The third-order valence-corrected chi connectivity index (χ3v) is 2.68. The summed E-state index contributed by atoms with van der Waals surface area (Å²) in [5, 5.41) is -0.00127. The highest BCUT2D eigenvalue weighted by atomic mass is 79.9. The van der Waals surface area contributed by atoms with Crippen LogP contribution in [-0.4, -0.2) is 11.2 Å². The van der Waals surface area contributed by atoms with Gasteiger partial charge in [0.25, 0.3) is 0 Å². The Hall–Kier alpha value is -0.0500. The molecule has 0 N–H and O–H groups in total. The van der Waals surface area contributed by atoms with E-state index in [0.29, 0.717) is 10.6 Å². The summed E-state index contributed by atoms with van der Waals surface area (Å²) in [6.07, 6.45) is 0. The monoisotopic (exact) mass is 280 g/mol. The van der Waals surface area contributed by atoms with Crippen LogP contribution in [0.4, 0.5) is 0 Å². The van der Waals surface area contributed by atoms with Crippen LogP contribution in [0.25, 0.3) is 0 Å². The molecule has 0 amide bonds.